The molecule has 0 aliphatic heterocycles. The van der Waals surface area contributed by atoms with Crippen LogP contribution in [0.3, 0.4) is 0 Å². The molecule has 3 rings (SSSR count). The number of benzene rings is 3. The van der Waals surface area contributed by atoms with Crippen molar-refractivity contribution in [3.63, 3.8) is 0 Å². The van der Waals surface area contributed by atoms with E-state index in [-0.39, 0.29) is 0 Å². The summed E-state index contributed by atoms with van der Waals surface area (Å²) in [5.74, 6) is 15.9. The Balaban J connectivity index is 1.64. The second-order valence-corrected chi connectivity index (χ2v) is 11.8. The minimum Gasteiger partial charge on any atom is -0.493 e. The molecule has 0 aliphatic carbocycles. The molecule has 0 bridgehead atoms. The zero-order valence-electron chi connectivity index (χ0n) is 25.8. The number of nitrogens with two attached hydrogens (primary N) is 1. The van der Waals surface area contributed by atoms with Crippen molar-refractivity contribution in [3.8, 4) is 35.2 Å². The molecule has 2 unspecified atom stereocenters. The third kappa shape index (κ3) is 11.2. The Morgan fingerprint density at radius 2 is 1.05 bits per heavy atom. The van der Waals surface area contributed by atoms with Gasteiger partial charge in [-0.25, -0.2) is 0 Å². The average Bonchev–Trinajstić information content (AvgIpc) is 3.02. The van der Waals surface area contributed by atoms with E-state index in [0.717, 1.165) is 64.3 Å². The molecule has 0 saturated carbocycles. The molecule has 0 aliphatic rings. The van der Waals surface area contributed by atoms with E-state index < -0.39 is 0 Å². The first-order valence-corrected chi connectivity index (χ1v) is 16.3. The zero-order valence-corrected chi connectivity index (χ0v) is 27.4. The van der Waals surface area contributed by atoms with Gasteiger partial charge in [0, 0.05) is 15.6 Å². The van der Waals surface area contributed by atoms with E-state index in [1.165, 1.54) is 38.5 Å². The van der Waals surface area contributed by atoms with Crippen molar-refractivity contribution >= 4 is 21.6 Å². The van der Waals surface area contributed by atoms with Crippen LogP contribution in [0.25, 0.3) is 0 Å². The fourth-order valence-electron chi connectivity index (χ4n) is 4.60. The van der Waals surface area contributed by atoms with Crippen LogP contribution in [0.15, 0.2) is 65.1 Å². The summed E-state index contributed by atoms with van der Waals surface area (Å²) in [6, 6.07) is 19.8. The fourth-order valence-corrected chi connectivity index (χ4v) is 5.06. The van der Waals surface area contributed by atoms with Gasteiger partial charge in [0.05, 0.1) is 30.0 Å². The van der Waals surface area contributed by atoms with E-state index in [1.54, 1.807) is 0 Å². The predicted molar refractivity (Wildman–Crippen MR) is 181 cm³/mol. The van der Waals surface area contributed by atoms with Crippen LogP contribution in [-0.4, -0.2) is 13.2 Å². The van der Waals surface area contributed by atoms with Crippen LogP contribution >= 0.6 is 15.9 Å². The minimum absolute atomic E-state index is 0.577. The maximum atomic E-state index is 6.49. The van der Waals surface area contributed by atoms with Crippen LogP contribution in [0.5, 0.6) is 11.5 Å². The lowest BCUT2D eigenvalue weighted by atomic mass is 10.0. The van der Waals surface area contributed by atoms with Gasteiger partial charge in [-0.3, -0.25) is 0 Å². The highest BCUT2D eigenvalue weighted by molar-refractivity contribution is 9.10. The minimum atomic E-state index is 0.577. The van der Waals surface area contributed by atoms with Gasteiger partial charge in [0.1, 0.15) is 11.5 Å². The molecule has 4 heteroatoms. The van der Waals surface area contributed by atoms with Gasteiger partial charge in [-0.05, 0) is 85.3 Å². The SMILES string of the molecule is CCCCC(CC)COc1ccc(C#Cc2cc(Br)cc(C#Cc3ccc(OCC(CC)CCCC)cc3)c2N)cc1. The third-order valence-electron chi connectivity index (χ3n) is 7.59. The van der Waals surface area contributed by atoms with Crippen molar-refractivity contribution in [1.29, 1.82) is 0 Å². The van der Waals surface area contributed by atoms with E-state index in [1.807, 2.05) is 60.7 Å². The van der Waals surface area contributed by atoms with Gasteiger partial charge in [0.2, 0.25) is 0 Å². The molecule has 0 amide bonds. The highest BCUT2D eigenvalue weighted by Crippen LogP contribution is 2.24. The first-order valence-electron chi connectivity index (χ1n) is 15.5. The largest absolute Gasteiger partial charge is 0.493 e. The molecule has 0 aromatic heterocycles. The fraction of sp³-hybridized carbons (Fsp3) is 0.421. The first-order chi connectivity index (χ1) is 20.4. The summed E-state index contributed by atoms with van der Waals surface area (Å²) in [5, 5.41) is 0. The summed E-state index contributed by atoms with van der Waals surface area (Å²) in [5.41, 5.74) is 10.4. The number of anilines is 1. The van der Waals surface area contributed by atoms with Crippen molar-refractivity contribution in [2.75, 3.05) is 18.9 Å². The summed E-state index contributed by atoms with van der Waals surface area (Å²) in [4.78, 5) is 0. The lowest BCUT2D eigenvalue weighted by molar-refractivity contribution is 0.233. The topological polar surface area (TPSA) is 44.5 Å². The van der Waals surface area contributed by atoms with Crippen molar-refractivity contribution in [1.82, 2.24) is 0 Å². The normalized spacial score (nSPS) is 11.9. The molecule has 3 aromatic carbocycles. The van der Waals surface area contributed by atoms with E-state index in [2.05, 4.69) is 67.3 Å². The number of halogens is 1. The lowest BCUT2D eigenvalue weighted by Crippen LogP contribution is -2.11. The molecule has 222 valence electrons. The maximum absolute atomic E-state index is 6.49. The Kier molecular flexibility index (Phi) is 14.4. The molecule has 3 aromatic rings. The van der Waals surface area contributed by atoms with Crippen LogP contribution in [0.1, 0.15) is 101 Å². The molecule has 42 heavy (non-hydrogen) atoms. The molecule has 0 heterocycles. The van der Waals surface area contributed by atoms with E-state index in [9.17, 15) is 0 Å². The van der Waals surface area contributed by atoms with Crippen LogP contribution < -0.4 is 15.2 Å². The standard InChI is InChI=1S/C38H46BrNO2/c1-5-9-11-29(7-3)27-41-36-21-15-31(16-22-36)13-19-33-25-35(39)26-34(38(33)40)20-14-32-17-23-37(24-18-32)42-28-30(8-4)12-10-6-2/h15-18,21-26,29-30H,5-12,27-28,40H2,1-4H3. The quantitative estimate of drug-likeness (QED) is 0.143. The average molecular weight is 629 g/mol. The van der Waals surface area contributed by atoms with Crippen LogP contribution in [0.4, 0.5) is 5.69 Å². The number of ether oxygens (including phenoxy) is 2. The predicted octanol–water partition coefficient (Wildman–Crippen LogP) is 10.0. The summed E-state index contributed by atoms with van der Waals surface area (Å²) < 4.78 is 13.0. The number of nitrogen functional groups attached to an aromatic ring is 1. The number of rotatable bonds is 14. The van der Waals surface area contributed by atoms with Gasteiger partial charge >= 0.3 is 0 Å². The number of unbranched alkanes of at least 4 members (excludes halogenated alkanes) is 2. The highest BCUT2D eigenvalue weighted by atomic mass is 79.9. The Hall–Kier alpha value is -3.34. The van der Waals surface area contributed by atoms with Gasteiger partial charge in [0.15, 0.2) is 0 Å². The molecule has 3 nitrogen and oxygen atoms in total. The summed E-state index contributed by atoms with van der Waals surface area (Å²) in [6.07, 6.45) is 9.68. The smallest absolute Gasteiger partial charge is 0.119 e. The lowest BCUT2D eigenvalue weighted by Gasteiger charge is -2.15. The number of hydrogen-bond donors (Lipinski definition) is 1. The van der Waals surface area contributed by atoms with E-state index in [4.69, 9.17) is 15.2 Å². The Labute approximate surface area is 262 Å². The molecule has 2 atom stereocenters. The van der Waals surface area contributed by atoms with E-state index in [0.29, 0.717) is 17.5 Å². The van der Waals surface area contributed by atoms with Gasteiger partial charge in [-0.15, -0.1) is 0 Å². The third-order valence-corrected chi connectivity index (χ3v) is 8.05. The van der Waals surface area contributed by atoms with Gasteiger partial charge < -0.3 is 15.2 Å². The highest BCUT2D eigenvalue weighted by Gasteiger charge is 2.08. The van der Waals surface area contributed by atoms with E-state index >= 15 is 0 Å². The van der Waals surface area contributed by atoms with Crippen molar-refractivity contribution in [2.24, 2.45) is 11.8 Å². The molecule has 0 radical (unpaired) electrons. The van der Waals surface area contributed by atoms with Gasteiger partial charge in [-0.1, -0.05) is 106 Å². The zero-order chi connectivity index (χ0) is 30.2. The van der Waals surface area contributed by atoms with Crippen LogP contribution in [-0.2, 0) is 0 Å². The van der Waals surface area contributed by atoms with Crippen LogP contribution in [0.2, 0.25) is 0 Å². The Morgan fingerprint density at radius 3 is 1.40 bits per heavy atom. The molecule has 0 saturated heterocycles. The molecule has 0 spiro atoms. The van der Waals surface area contributed by atoms with Crippen molar-refractivity contribution < 1.29 is 9.47 Å². The van der Waals surface area contributed by atoms with Gasteiger partial charge in [-0.2, -0.15) is 0 Å². The number of hydrogen-bond acceptors (Lipinski definition) is 3. The summed E-state index contributed by atoms with van der Waals surface area (Å²) in [6.45, 7) is 10.5. The second kappa shape index (κ2) is 18.3. The first kappa shape index (κ1) is 33.2. The van der Waals surface area contributed by atoms with Crippen molar-refractivity contribution in [2.45, 2.75) is 79.1 Å². The monoisotopic (exact) mass is 627 g/mol. The molecule has 2 N–H and O–H groups in total. The molecule has 0 fully saturated rings. The summed E-state index contributed by atoms with van der Waals surface area (Å²) >= 11 is 3.60. The van der Waals surface area contributed by atoms with Crippen molar-refractivity contribution in [3.05, 3.63) is 87.4 Å². The Bertz CT molecular complexity index is 1250. The Morgan fingerprint density at radius 1 is 0.643 bits per heavy atom. The maximum Gasteiger partial charge on any atom is 0.119 e. The van der Waals surface area contributed by atoms with Gasteiger partial charge in [0.25, 0.3) is 0 Å². The second-order valence-electron chi connectivity index (χ2n) is 10.9. The van der Waals surface area contributed by atoms with Crippen LogP contribution in [0, 0.1) is 35.5 Å². The summed E-state index contributed by atoms with van der Waals surface area (Å²) in [7, 11) is 0. The molecular formula is C38H46BrNO2. The molecular weight excluding hydrogens is 582 g/mol.